The average Bonchev–Trinajstić information content (AvgIpc) is 2.80. The zero-order valence-electron chi connectivity index (χ0n) is 12.7. The smallest absolute Gasteiger partial charge is 0.00121 e. The minimum Gasteiger partial charge on any atom is -0.319 e. The van der Waals surface area contributed by atoms with Crippen LogP contribution in [0.15, 0.2) is 24.3 Å². The van der Waals surface area contributed by atoms with Gasteiger partial charge in [-0.05, 0) is 47.4 Å². The molecule has 0 radical (unpaired) electrons. The molecule has 1 N–H and O–H groups in total. The van der Waals surface area contributed by atoms with Crippen LogP contribution in [0.4, 0.5) is 0 Å². The van der Waals surface area contributed by atoms with Crippen molar-refractivity contribution < 1.29 is 0 Å². The van der Waals surface area contributed by atoms with Crippen LogP contribution in [0.1, 0.15) is 51.7 Å². The van der Waals surface area contributed by atoms with Crippen molar-refractivity contribution in [2.75, 3.05) is 13.6 Å². The van der Waals surface area contributed by atoms with E-state index in [0.717, 1.165) is 18.4 Å². The van der Waals surface area contributed by atoms with Gasteiger partial charge in [-0.3, -0.25) is 0 Å². The number of nitrogens with one attached hydrogen (secondary N) is 1. The summed E-state index contributed by atoms with van der Waals surface area (Å²) in [5.41, 5.74) is 3.64. The molecule has 2 unspecified atom stereocenters. The molecule has 0 spiro atoms. The first-order valence-electron chi connectivity index (χ1n) is 7.03. The van der Waals surface area contributed by atoms with Crippen LogP contribution >= 0.6 is 0 Å². The highest BCUT2D eigenvalue weighted by Crippen LogP contribution is 2.64. The van der Waals surface area contributed by atoms with Crippen molar-refractivity contribution in [1.82, 2.24) is 5.32 Å². The summed E-state index contributed by atoms with van der Waals surface area (Å²) < 4.78 is 0. The predicted octanol–water partition coefficient (Wildman–Crippen LogP) is 3.94. The van der Waals surface area contributed by atoms with Gasteiger partial charge in [0.1, 0.15) is 0 Å². The molecule has 0 saturated heterocycles. The van der Waals surface area contributed by atoms with Gasteiger partial charge in [0.25, 0.3) is 0 Å². The van der Waals surface area contributed by atoms with Crippen LogP contribution in [-0.2, 0) is 5.41 Å². The molecule has 2 rings (SSSR count). The summed E-state index contributed by atoms with van der Waals surface area (Å²) in [4.78, 5) is 0. The fraction of sp³-hybridized carbons (Fsp3) is 0.647. The van der Waals surface area contributed by atoms with E-state index in [1.54, 1.807) is 0 Å². The van der Waals surface area contributed by atoms with Crippen LogP contribution in [0.2, 0.25) is 0 Å². The maximum Gasteiger partial charge on any atom is -0.00121 e. The van der Waals surface area contributed by atoms with Gasteiger partial charge in [0.2, 0.25) is 0 Å². The maximum atomic E-state index is 3.32. The Morgan fingerprint density at radius 2 is 1.67 bits per heavy atom. The lowest BCUT2D eigenvalue weighted by molar-refractivity contribution is 0.536. The minimum atomic E-state index is 0.252. The lowest BCUT2D eigenvalue weighted by Crippen LogP contribution is -2.12. The molecule has 0 aromatic heterocycles. The molecule has 1 aliphatic carbocycles. The molecule has 0 bridgehead atoms. The highest BCUT2D eigenvalue weighted by Gasteiger charge is 2.57. The first-order chi connectivity index (χ1) is 8.28. The second kappa shape index (κ2) is 4.38. The van der Waals surface area contributed by atoms with Crippen LogP contribution in [-0.4, -0.2) is 13.6 Å². The van der Waals surface area contributed by atoms with Crippen LogP contribution < -0.4 is 5.32 Å². The monoisotopic (exact) mass is 245 g/mol. The van der Waals surface area contributed by atoms with Gasteiger partial charge in [-0.2, -0.15) is 0 Å². The maximum absolute atomic E-state index is 3.32. The van der Waals surface area contributed by atoms with Crippen LogP contribution in [0, 0.1) is 11.3 Å². The minimum absolute atomic E-state index is 0.252. The quantitative estimate of drug-likeness (QED) is 0.850. The van der Waals surface area contributed by atoms with Gasteiger partial charge in [-0.25, -0.2) is 0 Å². The van der Waals surface area contributed by atoms with Crippen molar-refractivity contribution in [2.24, 2.45) is 11.3 Å². The Morgan fingerprint density at radius 1 is 1.11 bits per heavy atom. The van der Waals surface area contributed by atoms with E-state index < -0.39 is 0 Å². The number of hydrogen-bond acceptors (Lipinski definition) is 1. The van der Waals surface area contributed by atoms with Gasteiger partial charge in [0, 0.05) is 0 Å². The molecule has 0 heterocycles. The van der Waals surface area contributed by atoms with Gasteiger partial charge >= 0.3 is 0 Å². The first-order valence-corrected chi connectivity index (χ1v) is 7.03. The summed E-state index contributed by atoms with van der Waals surface area (Å²) in [6.07, 6.45) is 0. The van der Waals surface area contributed by atoms with E-state index in [-0.39, 0.29) is 5.41 Å². The predicted molar refractivity (Wildman–Crippen MR) is 79.1 cm³/mol. The summed E-state index contributed by atoms with van der Waals surface area (Å²) >= 11 is 0. The highest BCUT2D eigenvalue weighted by atomic mass is 14.9. The van der Waals surface area contributed by atoms with E-state index in [9.17, 15) is 0 Å². The van der Waals surface area contributed by atoms with Crippen LogP contribution in [0.5, 0.6) is 0 Å². The summed E-state index contributed by atoms with van der Waals surface area (Å²) in [5.74, 6) is 1.50. The van der Waals surface area contributed by atoms with Crippen molar-refractivity contribution in [3.63, 3.8) is 0 Å². The Labute approximate surface area is 112 Å². The molecule has 1 nitrogen and oxygen atoms in total. The highest BCUT2D eigenvalue weighted by molar-refractivity contribution is 5.35. The van der Waals surface area contributed by atoms with Crippen LogP contribution in [0.3, 0.4) is 0 Å². The third-order valence-corrected chi connectivity index (χ3v) is 4.61. The van der Waals surface area contributed by atoms with Gasteiger partial charge in [0.15, 0.2) is 0 Å². The van der Waals surface area contributed by atoms with E-state index in [4.69, 9.17) is 0 Å². The van der Waals surface area contributed by atoms with Crippen molar-refractivity contribution in [2.45, 2.75) is 46.0 Å². The molecular formula is C17H27N. The molecule has 1 saturated carbocycles. The Balaban J connectivity index is 2.17. The summed E-state index contributed by atoms with van der Waals surface area (Å²) in [6.45, 7) is 12.7. The molecule has 100 valence electrons. The van der Waals surface area contributed by atoms with E-state index in [2.05, 4.69) is 64.2 Å². The van der Waals surface area contributed by atoms with Gasteiger partial charge in [-0.15, -0.1) is 0 Å². The number of rotatable bonds is 3. The molecule has 1 fully saturated rings. The Kier molecular flexibility index (Phi) is 3.31. The summed E-state index contributed by atoms with van der Waals surface area (Å²) in [5, 5.41) is 3.32. The first kappa shape index (κ1) is 13.6. The second-order valence-corrected chi connectivity index (χ2v) is 7.34. The Morgan fingerprint density at radius 3 is 2.11 bits per heavy atom. The second-order valence-electron chi connectivity index (χ2n) is 7.34. The van der Waals surface area contributed by atoms with Gasteiger partial charge < -0.3 is 5.32 Å². The zero-order valence-corrected chi connectivity index (χ0v) is 12.7. The van der Waals surface area contributed by atoms with Crippen molar-refractivity contribution >= 4 is 0 Å². The van der Waals surface area contributed by atoms with Gasteiger partial charge in [-0.1, -0.05) is 58.9 Å². The van der Waals surface area contributed by atoms with Crippen molar-refractivity contribution in [3.05, 3.63) is 35.4 Å². The SMILES string of the molecule is CNCC1C(c2ccc(C(C)(C)C)cc2)C1(C)C. The van der Waals surface area contributed by atoms with E-state index in [0.29, 0.717) is 5.41 Å². The number of hydrogen-bond donors (Lipinski definition) is 1. The lowest BCUT2D eigenvalue weighted by Gasteiger charge is -2.19. The Hall–Kier alpha value is -0.820. The van der Waals surface area contributed by atoms with E-state index in [1.165, 1.54) is 11.1 Å². The van der Waals surface area contributed by atoms with Crippen molar-refractivity contribution in [1.29, 1.82) is 0 Å². The average molecular weight is 245 g/mol. The largest absolute Gasteiger partial charge is 0.319 e. The normalized spacial score (nSPS) is 26.1. The fourth-order valence-corrected chi connectivity index (χ4v) is 3.20. The van der Waals surface area contributed by atoms with Crippen LogP contribution in [0.25, 0.3) is 0 Å². The molecule has 2 atom stereocenters. The third kappa shape index (κ3) is 2.33. The molecule has 0 aliphatic heterocycles. The van der Waals surface area contributed by atoms with E-state index in [1.807, 2.05) is 7.05 Å². The topological polar surface area (TPSA) is 12.0 Å². The fourth-order valence-electron chi connectivity index (χ4n) is 3.20. The molecule has 1 heteroatoms. The summed E-state index contributed by atoms with van der Waals surface area (Å²) in [7, 11) is 2.05. The van der Waals surface area contributed by atoms with Gasteiger partial charge in [0.05, 0.1) is 0 Å². The molecule has 1 aromatic rings. The Bertz CT molecular complexity index is 408. The molecule has 18 heavy (non-hydrogen) atoms. The standard InChI is InChI=1S/C17H27N/c1-16(2,3)13-9-7-12(8-10-13)15-14(11-18-6)17(15,4)5/h7-10,14-15,18H,11H2,1-6H3. The summed E-state index contributed by atoms with van der Waals surface area (Å²) in [6, 6.07) is 9.28. The molecule has 0 amide bonds. The zero-order chi connectivity index (χ0) is 13.6. The third-order valence-electron chi connectivity index (χ3n) is 4.61. The number of benzene rings is 1. The van der Waals surface area contributed by atoms with Crippen molar-refractivity contribution in [3.8, 4) is 0 Å². The van der Waals surface area contributed by atoms with E-state index >= 15 is 0 Å². The molecular weight excluding hydrogens is 218 g/mol. The molecule has 1 aromatic carbocycles. The molecule has 1 aliphatic rings. The lowest BCUT2D eigenvalue weighted by atomic mass is 9.86.